The number of benzene rings is 1. The summed E-state index contributed by atoms with van der Waals surface area (Å²) >= 11 is 0. The van der Waals surface area contributed by atoms with Crippen molar-refractivity contribution in [1.29, 1.82) is 0 Å². The largest absolute Gasteiger partial charge is 0.310 e. The van der Waals surface area contributed by atoms with Crippen molar-refractivity contribution in [2.75, 3.05) is 6.54 Å². The Morgan fingerprint density at radius 1 is 1.25 bits per heavy atom. The van der Waals surface area contributed by atoms with Gasteiger partial charge in [0.1, 0.15) is 5.82 Å². The molecule has 0 radical (unpaired) electrons. The summed E-state index contributed by atoms with van der Waals surface area (Å²) < 4.78 is 1.82. The van der Waals surface area contributed by atoms with E-state index in [2.05, 4.69) is 22.3 Å². The van der Waals surface area contributed by atoms with E-state index in [1.54, 1.807) is 0 Å². The second kappa shape index (κ2) is 4.90. The van der Waals surface area contributed by atoms with Gasteiger partial charge in [-0.2, -0.15) is 5.10 Å². The molecule has 0 unspecified atom stereocenters. The van der Waals surface area contributed by atoms with Gasteiger partial charge < -0.3 is 5.32 Å². The molecule has 0 saturated carbocycles. The van der Waals surface area contributed by atoms with Gasteiger partial charge in [0, 0.05) is 12.6 Å². The average Bonchev–Trinajstić information content (AvgIpc) is 2.69. The first-order valence-corrected chi connectivity index (χ1v) is 5.47. The van der Waals surface area contributed by atoms with Gasteiger partial charge in [-0.25, -0.2) is 4.98 Å². The Morgan fingerprint density at radius 3 is 2.69 bits per heavy atom. The molecule has 84 valence electrons. The summed E-state index contributed by atoms with van der Waals surface area (Å²) in [6.07, 6.45) is 0. The van der Waals surface area contributed by atoms with Gasteiger partial charge in [-0.15, -0.1) is 0 Å². The van der Waals surface area contributed by atoms with Crippen LogP contribution in [0.4, 0.5) is 0 Å². The van der Waals surface area contributed by atoms with Crippen LogP contribution in [-0.4, -0.2) is 21.3 Å². The van der Waals surface area contributed by atoms with Crippen LogP contribution in [0.25, 0.3) is 11.4 Å². The topological polar surface area (TPSA) is 42.7 Å². The molecule has 4 nitrogen and oxygen atoms in total. The second-order valence-electron chi connectivity index (χ2n) is 3.62. The summed E-state index contributed by atoms with van der Waals surface area (Å²) in [5, 5.41) is 7.65. The van der Waals surface area contributed by atoms with Crippen LogP contribution in [0.3, 0.4) is 0 Å². The number of nitrogens with one attached hydrogen (secondary N) is 1. The minimum atomic E-state index is 0.757. The Balaban J connectivity index is 2.24. The van der Waals surface area contributed by atoms with Crippen molar-refractivity contribution in [3.63, 3.8) is 0 Å². The SMILES string of the molecule is CCNCc1nc(-c2ccccc2)nn1C. The molecule has 16 heavy (non-hydrogen) atoms. The number of nitrogens with zero attached hydrogens (tertiary/aromatic N) is 3. The van der Waals surface area contributed by atoms with Gasteiger partial charge in [0.05, 0.1) is 6.54 Å². The van der Waals surface area contributed by atoms with Gasteiger partial charge in [-0.05, 0) is 6.54 Å². The van der Waals surface area contributed by atoms with Crippen LogP contribution < -0.4 is 5.32 Å². The van der Waals surface area contributed by atoms with Crippen molar-refractivity contribution in [2.45, 2.75) is 13.5 Å². The summed E-state index contributed by atoms with van der Waals surface area (Å²) in [5.41, 5.74) is 1.06. The Labute approximate surface area is 95.3 Å². The van der Waals surface area contributed by atoms with E-state index < -0.39 is 0 Å². The third-order valence-electron chi connectivity index (χ3n) is 2.42. The molecule has 0 bridgehead atoms. The number of hydrogen-bond acceptors (Lipinski definition) is 3. The highest BCUT2D eigenvalue weighted by Crippen LogP contribution is 2.14. The molecule has 0 atom stereocenters. The fraction of sp³-hybridized carbons (Fsp3) is 0.333. The lowest BCUT2D eigenvalue weighted by Crippen LogP contribution is -2.15. The maximum absolute atomic E-state index is 4.51. The molecule has 2 rings (SSSR count). The molecule has 1 aromatic heterocycles. The number of aryl methyl sites for hydroxylation is 1. The number of rotatable bonds is 4. The Kier molecular flexibility index (Phi) is 3.31. The monoisotopic (exact) mass is 216 g/mol. The highest BCUT2D eigenvalue weighted by atomic mass is 15.3. The van der Waals surface area contributed by atoms with Crippen molar-refractivity contribution in [2.24, 2.45) is 7.05 Å². The molecule has 0 spiro atoms. The normalized spacial score (nSPS) is 10.6. The van der Waals surface area contributed by atoms with Gasteiger partial charge in [-0.3, -0.25) is 4.68 Å². The third kappa shape index (κ3) is 2.28. The third-order valence-corrected chi connectivity index (χ3v) is 2.42. The zero-order valence-electron chi connectivity index (χ0n) is 9.64. The molecule has 0 amide bonds. The summed E-state index contributed by atoms with van der Waals surface area (Å²) in [7, 11) is 1.92. The first-order valence-electron chi connectivity index (χ1n) is 5.47. The standard InChI is InChI=1S/C12H16N4/c1-3-13-9-11-14-12(15-16(11)2)10-7-5-4-6-8-10/h4-8,13H,3,9H2,1-2H3. The van der Waals surface area contributed by atoms with Crippen molar-refractivity contribution in [3.8, 4) is 11.4 Å². The zero-order valence-corrected chi connectivity index (χ0v) is 9.64. The second-order valence-corrected chi connectivity index (χ2v) is 3.62. The van der Waals surface area contributed by atoms with Crippen LogP contribution in [0.1, 0.15) is 12.7 Å². The molecule has 1 heterocycles. The smallest absolute Gasteiger partial charge is 0.181 e. The summed E-state index contributed by atoms with van der Waals surface area (Å²) in [6, 6.07) is 10.0. The lowest BCUT2D eigenvalue weighted by atomic mass is 10.2. The van der Waals surface area contributed by atoms with Crippen molar-refractivity contribution < 1.29 is 0 Å². The number of aromatic nitrogens is 3. The van der Waals surface area contributed by atoms with Crippen LogP contribution >= 0.6 is 0 Å². The lowest BCUT2D eigenvalue weighted by Gasteiger charge is -1.98. The highest BCUT2D eigenvalue weighted by Gasteiger charge is 2.07. The minimum absolute atomic E-state index is 0.757. The van der Waals surface area contributed by atoms with Gasteiger partial charge >= 0.3 is 0 Å². The van der Waals surface area contributed by atoms with Crippen molar-refractivity contribution in [1.82, 2.24) is 20.1 Å². The first-order chi connectivity index (χ1) is 7.81. The maximum atomic E-state index is 4.51. The Bertz CT molecular complexity index is 447. The van der Waals surface area contributed by atoms with Crippen LogP contribution in [-0.2, 0) is 13.6 Å². The molecule has 0 aliphatic rings. The molecule has 4 heteroatoms. The minimum Gasteiger partial charge on any atom is -0.310 e. The van der Waals surface area contributed by atoms with E-state index in [-0.39, 0.29) is 0 Å². The van der Waals surface area contributed by atoms with E-state index in [4.69, 9.17) is 0 Å². The quantitative estimate of drug-likeness (QED) is 0.844. The summed E-state index contributed by atoms with van der Waals surface area (Å²) in [4.78, 5) is 4.51. The van der Waals surface area contributed by atoms with E-state index in [0.717, 1.165) is 30.3 Å². The molecule has 1 aromatic carbocycles. The summed E-state index contributed by atoms with van der Waals surface area (Å²) in [5.74, 6) is 1.75. The van der Waals surface area contributed by atoms with E-state index in [1.165, 1.54) is 0 Å². The van der Waals surface area contributed by atoms with E-state index in [0.29, 0.717) is 0 Å². The van der Waals surface area contributed by atoms with E-state index >= 15 is 0 Å². The Hall–Kier alpha value is -1.68. The molecule has 0 saturated heterocycles. The predicted molar refractivity (Wildman–Crippen MR) is 63.8 cm³/mol. The fourth-order valence-corrected chi connectivity index (χ4v) is 1.52. The zero-order chi connectivity index (χ0) is 11.4. The van der Waals surface area contributed by atoms with Gasteiger partial charge in [0.15, 0.2) is 5.82 Å². The maximum Gasteiger partial charge on any atom is 0.181 e. The first kappa shape index (κ1) is 10.8. The molecular weight excluding hydrogens is 200 g/mol. The van der Waals surface area contributed by atoms with Crippen LogP contribution in [0.2, 0.25) is 0 Å². The molecule has 1 N–H and O–H groups in total. The van der Waals surface area contributed by atoms with E-state index in [1.807, 2.05) is 42.1 Å². The molecule has 0 fully saturated rings. The van der Waals surface area contributed by atoms with Gasteiger partial charge in [0.25, 0.3) is 0 Å². The molecule has 0 aliphatic heterocycles. The van der Waals surface area contributed by atoms with Gasteiger partial charge in [0.2, 0.25) is 0 Å². The van der Waals surface area contributed by atoms with Crippen LogP contribution in [0.5, 0.6) is 0 Å². The van der Waals surface area contributed by atoms with E-state index in [9.17, 15) is 0 Å². The Morgan fingerprint density at radius 2 is 2.00 bits per heavy atom. The highest BCUT2D eigenvalue weighted by molar-refractivity contribution is 5.53. The molecule has 2 aromatic rings. The van der Waals surface area contributed by atoms with Crippen molar-refractivity contribution in [3.05, 3.63) is 36.2 Å². The number of hydrogen-bond donors (Lipinski definition) is 1. The van der Waals surface area contributed by atoms with Gasteiger partial charge in [-0.1, -0.05) is 37.3 Å². The summed E-state index contributed by atoms with van der Waals surface area (Å²) in [6.45, 7) is 3.77. The fourth-order valence-electron chi connectivity index (χ4n) is 1.52. The van der Waals surface area contributed by atoms with Crippen molar-refractivity contribution >= 4 is 0 Å². The van der Waals surface area contributed by atoms with Crippen LogP contribution in [0.15, 0.2) is 30.3 Å². The lowest BCUT2D eigenvalue weighted by molar-refractivity contribution is 0.630. The molecule has 0 aliphatic carbocycles. The average molecular weight is 216 g/mol. The molecular formula is C12H16N4. The predicted octanol–water partition coefficient (Wildman–Crippen LogP) is 1.59. The van der Waals surface area contributed by atoms with Crippen LogP contribution in [0, 0.1) is 0 Å².